The largest absolute Gasteiger partial charge is 0.415 e. The number of nitrogens with one attached hydrogen (secondary N) is 1. The van der Waals surface area contributed by atoms with Crippen LogP contribution in [0.5, 0.6) is 0 Å². The summed E-state index contributed by atoms with van der Waals surface area (Å²) >= 11 is 0. The molecule has 4 N–H and O–H groups in total. The topological polar surface area (TPSA) is 75.3 Å². The van der Waals surface area contributed by atoms with Crippen LogP contribution < -0.4 is 11.1 Å². The van der Waals surface area contributed by atoms with Crippen molar-refractivity contribution in [1.82, 2.24) is 5.32 Å². The molecular weight excluding hydrogens is 225 g/mol. The molecule has 0 saturated carbocycles. The molecule has 0 aromatic carbocycles. The minimum absolute atomic E-state index is 0.295. The van der Waals surface area contributed by atoms with Gasteiger partial charge in [0.2, 0.25) is 5.91 Å². The highest BCUT2D eigenvalue weighted by Crippen LogP contribution is 2.28. The SMILES string of the molecule is CCC(C)(CO)NC(=O)C(C)(N)C(F)(F)F. The van der Waals surface area contributed by atoms with Gasteiger partial charge in [-0.25, -0.2) is 0 Å². The zero-order valence-electron chi connectivity index (χ0n) is 9.48. The second kappa shape index (κ2) is 4.58. The van der Waals surface area contributed by atoms with E-state index in [1.165, 1.54) is 6.92 Å². The summed E-state index contributed by atoms with van der Waals surface area (Å²) < 4.78 is 37.3. The maximum Gasteiger partial charge on any atom is 0.415 e. The van der Waals surface area contributed by atoms with E-state index in [9.17, 15) is 18.0 Å². The zero-order valence-corrected chi connectivity index (χ0v) is 9.48. The van der Waals surface area contributed by atoms with E-state index in [4.69, 9.17) is 10.8 Å². The van der Waals surface area contributed by atoms with Crippen molar-refractivity contribution in [2.45, 2.75) is 44.4 Å². The molecule has 7 heteroatoms. The van der Waals surface area contributed by atoms with E-state index in [0.29, 0.717) is 13.3 Å². The summed E-state index contributed by atoms with van der Waals surface area (Å²) in [5.74, 6) is -1.35. The highest BCUT2D eigenvalue weighted by atomic mass is 19.4. The van der Waals surface area contributed by atoms with Gasteiger partial charge in [0.15, 0.2) is 5.54 Å². The van der Waals surface area contributed by atoms with Gasteiger partial charge < -0.3 is 16.2 Å². The molecule has 1 amide bonds. The van der Waals surface area contributed by atoms with Gasteiger partial charge in [0.1, 0.15) is 0 Å². The van der Waals surface area contributed by atoms with Crippen molar-refractivity contribution in [2.24, 2.45) is 5.73 Å². The van der Waals surface area contributed by atoms with Crippen molar-refractivity contribution in [3.63, 3.8) is 0 Å². The minimum Gasteiger partial charge on any atom is -0.394 e. The van der Waals surface area contributed by atoms with Gasteiger partial charge in [0.25, 0.3) is 0 Å². The van der Waals surface area contributed by atoms with Gasteiger partial charge in [-0.3, -0.25) is 4.79 Å². The smallest absolute Gasteiger partial charge is 0.394 e. The first-order chi connectivity index (χ1) is 7.00. The predicted octanol–water partition coefficient (Wildman–Crippen LogP) is 0.543. The molecule has 0 aliphatic rings. The summed E-state index contributed by atoms with van der Waals surface area (Å²) in [6.07, 6.45) is -4.54. The maximum atomic E-state index is 12.4. The van der Waals surface area contributed by atoms with Crippen molar-refractivity contribution in [3.8, 4) is 0 Å². The second-order valence-electron chi connectivity index (χ2n) is 4.23. The second-order valence-corrected chi connectivity index (χ2v) is 4.23. The zero-order chi connectivity index (χ0) is 13.2. The van der Waals surface area contributed by atoms with E-state index in [1.54, 1.807) is 6.92 Å². The molecule has 0 aliphatic carbocycles. The summed E-state index contributed by atoms with van der Waals surface area (Å²) in [5.41, 5.74) is 0.881. The summed E-state index contributed by atoms with van der Waals surface area (Å²) in [4.78, 5) is 11.4. The van der Waals surface area contributed by atoms with Crippen LogP contribution in [0.4, 0.5) is 13.2 Å². The van der Waals surface area contributed by atoms with E-state index in [1.807, 2.05) is 0 Å². The van der Waals surface area contributed by atoms with Gasteiger partial charge in [-0.15, -0.1) is 0 Å². The van der Waals surface area contributed by atoms with Crippen LogP contribution in [-0.2, 0) is 4.79 Å². The maximum absolute atomic E-state index is 12.4. The number of rotatable bonds is 4. The highest BCUT2D eigenvalue weighted by Gasteiger charge is 2.54. The molecule has 0 aromatic rings. The molecule has 96 valence electrons. The van der Waals surface area contributed by atoms with Crippen molar-refractivity contribution in [1.29, 1.82) is 0 Å². The van der Waals surface area contributed by atoms with Gasteiger partial charge in [0, 0.05) is 0 Å². The third-order valence-electron chi connectivity index (χ3n) is 2.61. The third-order valence-corrected chi connectivity index (χ3v) is 2.61. The Morgan fingerprint density at radius 2 is 1.81 bits per heavy atom. The average Bonchev–Trinajstić information content (AvgIpc) is 2.15. The van der Waals surface area contributed by atoms with E-state index in [-0.39, 0.29) is 0 Å². The molecule has 4 nitrogen and oxygen atoms in total. The molecule has 2 atom stereocenters. The molecule has 0 heterocycles. The molecule has 0 rings (SSSR count). The fraction of sp³-hybridized carbons (Fsp3) is 0.889. The predicted molar refractivity (Wildman–Crippen MR) is 52.6 cm³/mol. The van der Waals surface area contributed by atoms with Gasteiger partial charge in [-0.1, -0.05) is 6.92 Å². The number of hydrogen-bond donors (Lipinski definition) is 3. The molecule has 0 fully saturated rings. The van der Waals surface area contributed by atoms with Crippen LogP contribution in [0, 0.1) is 0 Å². The first kappa shape index (κ1) is 15.2. The number of aliphatic hydroxyl groups is 1. The molecule has 16 heavy (non-hydrogen) atoms. The Labute approximate surface area is 92.0 Å². The molecule has 2 unspecified atom stereocenters. The Balaban J connectivity index is 4.84. The van der Waals surface area contributed by atoms with Crippen molar-refractivity contribution < 1.29 is 23.1 Å². The monoisotopic (exact) mass is 242 g/mol. The number of nitrogens with two attached hydrogens (primary N) is 1. The van der Waals surface area contributed by atoms with Crippen LogP contribution in [0.1, 0.15) is 27.2 Å². The van der Waals surface area contributed by atoms with Crippen LogP contribution in [0.15, 0.2) is 0 Å². The van der Waals surface area contributed by atoms with E-state index in [2.05, 4.69) is 5.32 Å². The number of halogens is 3. The quantitative estimate of drug-likeness (QED) is 0.673. The minimum atomic E-state index is -4.83. The number of amides is 1. The van der Waals surface area contributed by atoms with Crippen LogP contribution in [0.2, 0.25) is 0 Å². The summed E-state index contributed by atoms with van der Waals surface area (Å²) in [5, 5.41) is 11.1. The normalized spacial score (nSPS) is 19.8. The molecule has 0 aliphatic heterocycles. The fourth-order valence-electron chi connectivity index (χ4n) is 0.772. The first-order valence-electron chi connectivity index (χ1n) is 4.79. The Hall–Kier alpha value is -0.820. The van der Waals surface area contributed by atoms with Gasteiger partial charge >= 0.3 is 6.18 Å². The number of carbonyl (C=O) groups excluding carboxylic acids is 1. The number of hydrogen-bond acceptors (Lipinski definition) is 3. The van der Waals surface area contributed by atoms with Gasteiger partial charge in [-0.05, 0) is 20.3 Å². The molecule has 0 saturated heterocycles. The third kappa shape index (κ3) is 3.08. The lowest BCUT2D eigenvalue weighted by Gasteiger charge is -2.33. The van der Waals surface area contributed by atoms with E-state index in [0.717, 1.165) is 0 Å². The molecule has 0 radical (unpaired) electrons. The van der Waals surface area contributed by atoms with Crippen LogP contribution in [0.3, 0.4) is 0 Å². The Morgan fingerprint density at radius 3 is 2.06 bits per heavy atom. The fourth-order valence-corrected chi connectivity index (χ4v) is 0.772. The Kier molecular flexibility index (Phi) is 4.35. The van der Waals surface area contributed by atoms with Gasteiger partial charge in [-0.2, -0.15) is 13.2 Å². The number of alkyl halides is 3. The van der Waals surface area contributed by atoms with Crippen LogP contribution in [-0.4, -0.2) is 34.9 Å². The molecule has 0 aromatic heterocycles. The standard InChI is InChI=1S/C9H17F3N2O2/c1-4-7(2,5-15)14-6(16)8(3,13)9(10,11)12/h15H,4-5,13H2,1-3H3,(H,14,16). The van der Waals surface area contributed by atoms with Crippen molar-refractivity contribution >= 4 is 5.91 Å². The Morgan fingerprint density at radius 1 is 1.38 bits per heavy atom. The van der Waals surface area contributed by atoms with E-state index < -0.39 is 29.8 Å². The summed E-state index contributed by atoms with van der Waals surface area (Å²) in [6, 6.07) is 0. The van der Waals surface area contributed by atoms with Crippen molar-refractivity contribution in [2.75, 3.05) is 6.61 Å². The molecular formula is C9H17F3N2O2. The summed E-state index contributed by atoms with van der Waals surface area (Å²) in [7, 11) is 0. The lowest BCUT2D eigenvalue weighted by molar-refractivity contribution is -0.188. The molecule has 0 bridgehead atoms. The van der Waals surface area contributed by atoms with Gasteiger partial charge in [0.05, 0.1) is 12.1 Å². The molecule has 0 spiro atoms. The highest BCUT2D eigenvalue weighted by molar-refractivity contribution is 5.87. The summed E-state index contributed by atoms with van der Waals surface area (Å²) in [6.45, 7) is 3.22. The Bertz CT molecular complexity index is 260. The lowest BCUT2D eigenvalue weighted by Crippen LogP contribution is -2.65. The van der Waals surface area contributed by atoms with Crippen molar-refractivity contribution in [3.05, 3.63) is 0 Å². The van der Waals surface area contributed by atoms with Crippen LogP contribution >= 0.6 is 0 Å². The lowest BCUT2D eigenvalue weighted by atomic mass is 9.96. The number of carbonyl (C=O) groups is 1. The average molecular weight is 242 g/mol. The van der Waals surface area contributed by atoms with Crippen LogP contribution in [0.25, 0.3) is 0 Å². The first-order valence-corrected chi connectivity index (χ1v) is 4.79. The van der Waals surface area contributed by atoms with E-state index >= 15 is 0 Å². The number of aliphatic hydroxyl groups excluding tert-OH is 1.